The topological polar surface area (TPSA) is 227 Å². The van der Waals surface area contributed by atoms with E-state index >= 15 is 0 Å². The van der Waals surface area contributed by atoms with Crippen LogP contribution in [-0.4, -0.2) is 115 Å². The fourth-order valence-electron chi connectivity index (χ4n) is 10.1. The Morgan fingerprint density at radius 3 is 1.37 bits per heavy atom. The molecule has 0 unspecified atom stereocenters. The number of fused-ring (bicyclic) bond motifs is 4. The molecule has 12 rings (SSSR count). The zero-order valence-corrected chi connectivity index (χ0v) is 64.5. The van der Waals surface area contributed by atoms with Gasteiger partial charge in [0, 0.05) is 56.0 Å². The highest BCUT2D eigenvalue weighted by Gasteiger charge is 2.22. The number of hydrogen-bond acceptors (Lipinski definition) is 24. The summed E-state index contributed by atoms with van der Waals surface area (Å²) >= 11 is 6.30. The summed E-state index contributed by atoms with van der Waals surface area (Å²) in [7, 11) is 6.66. The molecule has 12 aromatic rings. The van der Waals surface area contributed by atoms with Gasteiger partial charge in [-0.1, -0.05) is 27.7 Å². The molecule has 0 aliphatic carbocycles. The average molecular weight is 1430 g/mol. The van der Waals surface area contributed by atoms with Crippen molar-refractivity contribution < 1.29 is 37.9 Å². The van der Waals surface area contributed by atoms with Crippen LogP contribution in [0.15, 0.2) is 94.3 Å². The lowest BCUT2D eigenvalue weighted by atomic mass is 10.0. The van der Waals surface area contributed by atoms with E-state index in [2.05, 4.69) is 120 Å². The second-order valence-corrected chi connectivity index (χ2v) is 29.3. The molecule has 20 nitrogen and oxygen atoms in total. The normalized spacial score (nSPS) is 11.4. The molecule has 4 aromatic carbocycles. The zero-order chi connectivity index (χ0) is 72.2. The summed E-state index contributed by atoms with van der Waals surface area (Å²) in [5.74, 6) is 7.54. The van der Waals surface area contributed by atoms with Crippen LogP contribution in [0.4, 0.5) is 10.3 Å². The minimum absolute atomic E-state index is 0.0154. The van der Waals surface area contributed by atoms with Gasteiger partial charge in [0.05, 0.1) is 91.7 Å². The number of hydrogen-bond donors (Lipinski definition) is 2. The van der Waals surface area contributed by atoms with Gasteiger partial charge < -0.3 is 48.5 Å². The maximum atomic E-state index is 6.00. The predicted octanol–water partition coefficient (Wildman–Crippen LogP) is 19.9. The first-order chi connectivity index (χ1) is 47.7. The highest BCUT2D eigenvalue weighted by Crippen LogP contribution is 2.40. The molecular formula is C76H92N12O8S4. The number of nitrogens with zero attached hydrogens (tertiary/aromatic N) is 10. The van der Waals surface area contributed by atoms with Crippen LogP contribution in [0.2, 0.25) is 0 Å². The van der Waals surface area contributed by atoms with E-state index in [0.29, 0.717) is 59.1 Å². The van der Waals surface area contributed by atoms with Gasteiger partial charge in [0.25, 0.3) is 0 Å². The number of rotatable bonds is 22. The average Bonchev–Trinajstić information content (AvgIpc) is 1.08. The third-order valence-corrected chi connectivity index (χ3v) is 18.2. The fourth-order valence-corrected chi connectivity index (χ4v) is 13.6. The quantitative estimate of drug-likeness (QED) is 0.0643. The van der Waals surface area contributed by atoms with E-state index in [-0.39, 0.29) is 24.4 Å². The minimum atomic E-state index is 0.0154. The van der Waals surface area contributed by atoms with Gasteiger partial charge in [-0.25, -0.2) is 39.9 Å². The molecule has 2 N–H and O–H groups in total. The van der Waals surface area contributed by atoms with Crippen molar-refractivity contribution in [1.82, 2.24) is 49.8 Å². The van der Waals surface area contributed by atoms with Gasteiger partial charge in [-0.15, -0.1) is 45.3 Å². The number of pyridine rings is 2. The third-order valence-electron chi connectivity index (χ3n) is 14.9. The second kappa shape index (κ2) is 33.8. The number of anilines is 2. The highest BCUT2D eigenvalue weighted by molar-refractivity contribution is 7.14. The lowest BCUT2D eigenvalue weighted by Crippen LogP contribution is -2.09. The Bertz CT molecular complexity index is 4440. The van der Waals surface area contributed by atoms with Crippen molar-refractivity contribution in [3.63, 3.8) is 0 Å². The Hall–Kier alpha value is -9.10. The smallest absolute Gasteiger partial charge is 0.225 e. The molecule has 8 aromatic heterocycles. The summed E-state index contributed by atoms with van der Waals surface area (Å²) in [6, 6.07) is 24.2. The third kappa shape index (κ3) is 18.8. The van der Waals surface area contributed by atoms with Gasteiger partial charge in [0.1, 0.15) is 45.1 Å². The van der Waals surface area contributed by atoms with Crippen molar-refractivity contribution in [2.45, 2.75) is 173 Å². The molecule has 0 bridgehead atoms. The van der Waals surface area contributed by atoms with Gasteiger partial charge in [0.15, 0.2) is 26.9 Å². The minimum Gasteiger partial charge on any atom is -0.497 e. The number of aryl methyl sites for hydroxylation is 2. The van der Waals surface area contributed by atoms with Gasteiger partial charge in [-0.2, -0.15) is 9.97 Å². The molecule has 0 spiro atoms. The van der Waals surface area contributed by atoms with E-state index in [4.69, 9.17) is 57.8 Å². The first-order valence-electron chi connectivity index (χ1n) is 33.4. The van der Waals surface area contributed by atoms with Crippen molar-refractivity contribution in [2.24, 2.45) is 0 Å². The molecule has 0 aliphatic heterocycles. The van der Waals surface area contributed by atoms with Crippen molar-refractivity contribution in [3.8, 4) is 91.0 Å². The molecule has 0 fully saturated rings. The Morgan fingerprint density at radius 2 is 0.820 bits per heavy atom. The summed E-state index contributed by atoms with van der Waals surface area (Å²) in [4.78, 5) is 46.8. The summed E-state index contributed by atoms with van der Waals surface area (Å²) < 4.78 is 45.4. The molecule has 24 heteroatoms. The number of methoxy groups -OCH3 is 4. The van der Waals surface area contributed by atoms with Crippen LogP contribution in [0.25, 0.3) is 87.8 Å². The van der Waals surface area contributed by atoms with Crippen molar-refractivity contribution in [3.05, 3.63) is 117 Å². The van der Waals surface area contributed by atoms with E-state index in [9.17, 15) is 0 Å². The fraction of sp³-hybridized carbons (Fsp3) is 0.395. The first-order valence-corrected chi connectivity index (χ1v) is 37.0. The molecule has 8 heterocycles. The summed E-state index contributed by atoms with van der Waals surface area (Å²) in [6.45, 7) is 36.9. The van der Waals surface area contributed by atoms with Crippen LogP contribution >= 0.6 is 45.3 Å². The second-order valence-electron chi connectivity index (χ2n) is 25.9. The molecule has 0 aliphatic rings. The number of nitrogens with one attached hydrogen (secondary N) is 2. The van der Waals surface area contributed by atoms with Crippen LogP contribution in [0.1, 0.15) is 145 Å². The molecule has 528 valence electrons. The highest BCUT2D eigenvalue weighted by atomic mass is 32.1. The van der Waals surface area contributed by atoms with E-state index in [1.807, 2.05) is 140 Å². The number of thiazole rings is 4. The van der Waals surface area contributed by atoms with Crippen LogP contribution in [0.3, 0.4) is 0 Å². The maximum absolute atomic E-state index is 6.00. The zero-order valence-electron chi connectivity index (χ0n) is 61.2. The van der Waals surface area contributed by atoms with Crippen LogP contribution < -0.4 is 48.5 Å². The van der Waals surface area contributed by atoms with Gasteiger partial charge in [-0.05, 0) is 192 Å². The molecule has 0 atom stereocenters. The van der Waals surface area contributed by atoms with Crippen molar-refractivity contribution in [1.29, 1.82) is 0 Å². The van der Waals surface area contributed by atoms with Crippen LogP contribution in [0.5, 0.6) is 46.5 Å². The van der Waals surface area contributed by atoms with E-state index in [0.717, 1.165) is 132 Å². The molecule has 0 radical (unpaired) electrons. The summed E-state index contributed by atoms with van der Waals surface area (Å²) in [5, 5.41) is 24.0. The van der Waals surface area contributed by atoms with Crippen molar-refractivity contribution >= 4 is 99.0 Å². The Morgan fingerprint density at radius 1 is 0.350 bits per heavy atom. The van der Waals surface area contributed by atoms with Gasteiger partial charge in [-0.3, -0.25) is 0 Å². The van der Waals surface area contributed by atoms with Crippen LogP contribution in [-0.2, 0) is 0 Å². The monoisotopic (exact) mass is 1430 g/mol. The first kappa shape index (κ1) is 75.1. The standard InChI is InChI=1S/C20H24N2O2S.2C19H23N3O2S.C18H22N4O2S/c1-11(2)17-10-25-20(22-17)16-9-15-13(5)18(23-6)8-7-14(15)19(21-16)24-12(3)4;1-10(2)14-9-25-19(20-14)17-21-16-12(5)15(23-6)8-7-13(16)18(22-17)24-11(3)4;1-11(2)20-19-22-17(10-25-19)16-9-13-8-14(23-5)6-7-15(13)18(21-16)24-12(3)4;1-10(2)19-18-21-15(9-25-18)16-20-14-8-12(23-5)6-7-13(14)17(22-16)24-11(3)4/h7-12H,1-6H3;7-11H,1-6H3;6-12H,1-5H3,(H,20,22);6-11H,1-5H3,(H,19,21). The molecule has 0 saturated carbocycles. The number of benzene rings is 4. The van der Waals surface area contributed by atoms with Gasteiger partial charge >= 0.3 is 0 Å². The van der Waals surface area contributed by atoms with Crippen LogP contribution in [0, 0.1) is 13.8 Å². The summed E-state index contributed by atoms with van der Waals surface area (Å²) in [6.07, 6.45) is 0.134. The van der Waals surface area contributed by atoms with Crippen molar-refractivity contribution in [2.75, 3.05) is 39.1 Å². The van der Waals surface area contributed by atoms with Gasteiger partial charge in [0.2, 0.25) is 23.5 Å². The van der Waals surface area contributed by atoms with E-state index in [1.165, 1.54) is 11.3 Å². The molecular weight excluding hydrogens is 1340 g/mol. The maximum Gasteiger partial charge on any atom is 0.225 e. The largest absolute Gasteiger partial charge is 0.497 e. The Balaban J connectivity index is 0.000000156. The molecule has 100 heavy (non-hydrogen) atoms. The molecule has 0 saturated heterocycles. The lowest BCUT2D eigenvalue weighted by molar-refractivity contribution is 0.235. The number of ether oxygens (including phenoxy) is 8. The predicted molar refractivity (Wildman–Crippen MR) is 411 cm³/mol. The van der Waals surface area contributed by atoms with E-state index in [1.54, 1.807) is 62.4 Å². The Kier molecular flexibility index (Phi) is 25.4. The Labute approximate surface area is 602 Å². The number of aromatic nitrogens is 10. The summed E-state index contributed by atoms with van der Waals surface area (Å²) in [5.41, 5.74) is 9.01. The SMILES string of the molecule is COc1ccc2c(OC(C)C)nc(-c3csc(NC(C)C)n3)cc2c1.COc1ccc2c(OC(C)C)nc(-c3csc(NC(C)C)n3)nc2c1.COc1ccc2c(OC(C)C)nc(-c3nc(C(C)C)cs3)cc2c1C.COc1ccc2c(OC(C)C)nc(-c3nc(C(C)C)cs3)nc2c1C. The van der Waals surface area contributed by atoms with E-state index < -0.39 is 0 Å². The molecule has 0 amide bonds. The lowest BCUT2D eigenvalue weighted by Gasteiger charge is -2.15.